The Labute approximate surface area is 128 Å². The third-order valence-electron chi connectivity index (χ3n) is 2.65. The van der Waals surface area contributed by atoms with Gasteiger partial charge in [-0.25, -0.2) is 0 Å². The molecule has 20 heavy (non-hydrogen) atoms. The van der Waals surface area contributed by atoms with Crippen molar-refractivity contribution in [3.8, 4) is 6.07 Å². The van der Waals surface area contributed by atoms with Crippen molar-refractivity contribution in [2.45, 2.75) is 6.42 Å². The first-order chi connectivity index (χ1) is 9.60. The minimum Gasteiger partial charge on any atom is -0.384 e. The van der Waals surface area contributed by atoms with Crippen LogP contribution in [0.2, 0.25) is 0 Å². The van der Waals surface area contributed by atoms with E-state index in [4.69, 9.17) is 5.26 Å². The normalized spacial score (nSPS) is 10.0. The summed E-state index contributed by atoms with van der Waals surface area (Å²) >= 11 is 5.07. The van der Waals surface area contributed by atoms with Crippen LogP contribution in [0, 0.1) is 21.4 Å². The van der Waals surface area contributed by atoms with Crippen LogP contribution in [0.4, 0.5) is 11.4 Å². The highest BCUT2D eigenvalue weighted by atomic mass is 79.9. The molecule has 0 atom stereocenters. The lowest BCUT2D eigenvalue weighted by atomic mass is 10.1. The van der Waals surface area contributed by atoms with E-state index in [1.165, 1.54) is 17.0 Å². The summed E-state index contributed by atoms with van der Waals surface area (Å²) in [4.78, 5) is 11.4. The molecule has 7 heteroatoms. The second kappa shape index (κ2) is 6.50. The van der Waals surface area contributed by atoms with Gasteiger partial charge in [-0.2, -0.15) is 5.26 Å². The summed E-state index contributed by atoms with van der Waals surface area (Å²) in [6.45, 7) is 0.666. The summed E-state index contributed by atoms with van der Waals surface area (Å²) < 4.78 is 1.08. The van der Waals surface area contributed by atoms with E-state index < -0.39 is 4.92 Å². The number of hydrogen-bond acceptors (Lipinski definition) is 5. The maximum atomic E-state index is 10.7. The van der Waals surface area contributed by atoms with Gasteiger partial charge in [0.05, 0.1) is 20.0 Å². The zero-order valence-electron chi connectivity index (χ0n) is 10.3. The van der Waals surface area contributed by atoms with Crippen molar-refractivity contribution in [3.05, 3.63) is 54.7 Å². The Balaban J connectivity index is 2.02. The number of nitrogens with one attached hydrogen (secondary N) is 1. The molecule has 5 nitrogen and oxygen atoms in total. The van der Waals surface area contributed by atoms with Crippen LogP contribution in [0.25, 0.3) is 0 Å². The van der Waals surface area contributed by atoms with Gasteiger partial charge in [0, 0.05) is 23.6 Å². The van der Waals surface area contributed by atoms with E-state index in [0.29, 0.717) is 12.2 Å². The van der Waals surface area contributed by atoms with E-state index in [0.717, 1.165) is 10.2 Å². The van der Waals surface area contributed by atoms with Crippen LogP contribution in [0.1, 0.15) is 10.4 Å². The number of anilines is 1. The Morgan fingerprint density at radius 1 is 1.40 bits per heavy atom. The SMILES string of the molecule is N#Cc1cc([N+](=O)[O-])ccc1NCCc1ccc(Br)s1. The Morgan fingerprint density at radius 3 is 2.80 bits per heavy atom. The van der Waals surface area contributed by atoms with Crippen molar-refractivity contribution in [1.29, 1.82) is 5.26 Å². The number of hydrogen-bond donors (Lipinski definition) is 1. The summed E-state index contributed by atoms with van der Waals surface area (Å²) in [5.74, 6) is 0. The van der Waals surface area contributed by atoms with Gasteiger partial charge in [0.1, 0.15) is 6.07 Å². The molecule has 1 N–H and O–H groups in total. The first-order valence-corrected chi connectivity index (χ1v) is 7.37. The monoisotopic (exact) mass is 351 g/mol. The lowest BCUT2D eigenvalue weighted by Crippen LogP contribution is -2.05. The molecule has 2 rings (SSSR count). The maximum Gasteiger partial charge on any atom is 0.270 e. The molecule has 1 aromatic heterocycles. The predicted molar refractivity (Wildman–Crippen MR) is 82.0 cm³/mol. The van der Waals surface area contributed by atoms with Crippen LogP contribution < -0.4 is 5.32 Å². The summed E-state index contributed by atoms with van der Waals surface area (Å²) in [6.07, 6.45) is 0.831. The third kappa shape index (κ3) is 3.56. The molecule has 102 valence electrons. The minimum absolute atomic E-state index is 0.0747. The molecule has 1 heterocycles. The smallest absolute Gasteiger partial charge is 0.270 e. The molecule has 2 aromatic rings. The van der Waals surface area contributed by atoms with Gasteiger partial charge in [0.25, 0.3) is 5.69 Å². The Hall–Kier alpha value is -1.91. The van der Waals surface area contributed by atoms with Gasteiger partial charge in [0.15, 0.2) is 0 Å². The molecular weight excluding hydrogens is 342 g/mol. The summed E-state index contributed by atoms with van der Waals surface area (Å²) in [7, 11) is 0. The number of nitro groups is 1. The summed E-state index contributed by atoms with van der Waals surface area (Å²) in [6, 6.07) is 10.2. The second-order valence-electron chi connectivity index (χ2n) is 3.98. The number of non-ortho nitro benzene ring substituents is 1. The first kappa shape index (κ1) is 14.5. The van der Waals surface area contributed by atoms with Gasteiger partial charge in [-0.3, -0.25) is 10.1 Å². The van der Waals surface area contributed by atoms with Crippen LogP contribution in [0.3, 0.4) is 0 Å². The van der Waals surface area contributed by atoms with Gasteiger partial charge in [0.2, 0.25) is 0 Å². The average molecular weight is 352 g/mol. The molecule has 0 saturated heterocycles. The van der Waals surface area contributed by atoms with Crippen molar-refractivity contribution >= 4 is 38.6 Å². The molecule has 0 spiro atoms. The van der Waals surface area contributed by atoms with E-state index in [2.05, 4.69) is 21.2 Å². The zero-order chi connectivity index (χ0) is 14.5. The highest BCUT2D eigenvalue weighted by molar-refractivity contribution is 9.11. The molecule has 0 amide bonds. The van der Waals surface area contributed by atoms with Crippen LogP contribution >= 0.6 is 27.3 Å². The molecule has 0 unspecified atom stereocenters. The quantitative estimate of drug-likeness (QED) is 0.653. The van der Waals surface area contributed by atoms with Crippen LogP contribution in [0.15, 0.2) is 34.1 Å². The molecule has 0 radical (unpaired) electrons. The van der Waals surface area contributed by atoms with Crippen LogP contribution in [-0.4, -0.2) is 11.5 Å². The molecule has 0 saturated carbocycles. The van der Waals surface area contributed by atoms with Gasteiger partial charge in [-0.1, -0.05) is 0 Å². The standard InChI is InChI=1S/C13H10BrN3O2S/c14-13-4-2-11(20-13)5-6-16-12-3-1-10(17(18)19)7-9(12)8-15/h1-4,7,16H,5-6H2. The molecule has 0 aliphatic carbocycles. The molecule has 0 fully saturated rings. The van der Waals surface area contributed by atoms with E-state index in [9.17, 15) is 10.1 Å². The number of rotatable bonds is 5. The summed E-state index contributed by atoms with van der Waals surface area (Å²) in [5, 5.41) is 22.8. The van der Waals surface area contributed by atoms with E-state index in [1.807, 2.05) is 18.2 Å². The highest BCUT2D eigenvalue weighted by Crippen LogP contribution is 2.24. The maximum absolute atomic E-state index is 10.7. The van der Waals surface area contributed by atoms with Crippen molar-refractivity contribution < 1.29 is 4.92 Å². The van der Waals surface area contributed by atoms with E-state index in [1.54, 1.807) is 17.4 Å². The van der Waals surface area contributed by atoms with Gasteiger partial charge in [-0.05, 0) is 40.5 Å². The average Bonchev–Trinajstić information content (AvgIpc) is 2.84. The van der Waals surface area contributed by atoms with Crippen molar-refractivity contribution in [3.63, 3.8) is 0 Å². The lowest BCUT2D eigenvalue weighted by Gasteiger charge is -2.07. The molecule has 0 aliphatic rings. The number of benzene rings is 1. The number of thiophene rings is 1. The van der Waals surface area contributed by atoms with Crippen molar-refractivity contribution in [2.24, 2.45) is 0 Å². The Morgan fingerprint density at radius 2 is 2.20 bits per heavy atom. The van der Waals surface area contributed by atoms with Crippen LogP contribution in [-0.2, 0) is 6.42 Å². The second-order valence-corrected chi connectivity index (χ2v) is 6.53. The Kier molecular flexibility index (Phi) is 4.71. The van der Waals surface area contributed by atoms with Crippen LogP contribution in [0.5, 0.6) is 0 Å². The number of halogens is 1. The van der Waals surface area contributed by atoms with Crippen molar-refractivity contribution in [1.82, 2.24) is 0 Å². The van der Waals surface area contributed by atoms with E-state index in [-0.39, 0.29) is 11.3 Å². The number of nitriles is 1. The largest absolute Gasteiger partial charge is 0.384 e. The lowest BCUT2D eigenvalue weighted by molar-refractivity contribution is -0.384. The number of nitrogens with zero attached hydrogens (tertiary/aromatic N) is 2. The minimum atomic E-state index is -0.506. The molecule has 0 bridgehead atoms. The zero-order valence-corrected chi connectivity index (χ0v) is 12.7. The molecular formula is C13H10BrN3O2S. The predicted octanol–water partition coefficient (Wildman–Crippen LogP) is 3.95. The van der Waals surface area contributed by atoms with Gasteiger partial charge < -0.3 is 5.32 Å². The molecule has 0 aliphatic heterocycles. The van der Waals surface area contributed by atoms with Gasteiger partial charge in [-0.15, -0.1) is 11.3 Å². The Bertz CT molecular complexity index is 678. The fraction of sp³-hybridized carbons (Fsp3) is 0.154. The molecule has 1 aromatic carbocycles. The fourth-order valence-electron chi connectivity index (χ4n) is 1.70. The number of nitro benzene ring substituents is 1. The highest BCUT2D eigenvalue weighted by Gasteiger charge is 2.10. The summed E-state index contributed by atoms with van der Waals surface area (Å²) in [5.41, 5.74) is 0.828. The topological polar surface area (TPSA) is 79.0 Å². The third-order valence-corrected chi connectivity index (χ3v) is 4.33. The first-order valence-electron chi connectivity index (χ1n) is 5.77. The van der Waals surface area contributed by atoms with Gasteiger partial charge >= 0.3 is 0 Å². The van der Waals surface area contributed by atoms with Crippen molar-refractivity contribution in [2.75, 3.05) is 11.9 Å². The fourth-order valence-corrected chi connectivity index (χ4v) is 3.18. The van der Waals surface area contributed by atoms with E-state index >= 15 is 0 Å².